The standard InChI is InChI=1S/C11H10F3NO4S/c12-11(13,14)20-8-4-2-1-3-6(8)9(17)15-7(5-16)10(18)19/h1-4,7,16H,5H2,(H,15,17)(H,18,19)/t7-/m1/s1. The second kappa shape index (κ2) is 6.62. The molecule has 110 valence electrons. The summed E-state index contributed by atoms with van der Waals surface area (Å²) in [5.74, 6) is -2.49. The van der Waals surface area contributed by atoms with Gasteiger partial charge in [-0.3, -0.25) is 4.79 Å². The van der Waals surface area contributed by atoms with Crippen LogP contribution in [0.5, 0.6) is 0 Å². The van der Waals surface area contributed by atoms with E-state index in [4.69, 9.17) is 10.2 Å². The van der Waals surface area contributed by atoms with Gasteiger partial charge in [0.15, 0.2) is 6.04 Å². The van der Waals surface area contributed by atoms with E-state index in [1.165, 1.54) is 12.1 Å². The number of nitrogens with one attached hydrogen (secondary N) is 1. The number of amides is 1. The highest BCUT2D eigenvalue weighted by Gasteiger charge is 2.31. The van der Waals surface area contributed by atoms with Crippen molar-refractivity contribution < 1.29 is 33.0 Å². The van der Waals surface area contributed by atoms with E-state index in [-0.39, 0.29) is 10.5 Å². The van der Waals surface area contributed by atoms with Gasteiger partial charge in [0, 0.05) is 4.90 Å². The summed E-state index contributed by atoms with van der Waals surface area (Å²) >= 11 is -0.472. The smallest absolute Gasteiger partial charge is 0.446 e. The van der Waals surface area contributed by atoms with E-state index in [2.05, 4.69) is 0 Å². The van der Waals surface area contributed by atoms with Gasteiger partial charge in [0.05, 0.1) is 12.2 Å². The van der Waals surface area contributed by atoms with Gasteiger partial charge in [-0.05, 0) is 23.9 Å². The van der Waals surface area contributed by atoms with Crippen molar-refractivity contribution in [3.63, 3.8) is 0 Å². The Labute approximate surface area is 115 Å². The minimum atomic E-state index is -4.57. The lowest BCUT2D eigenvalue weighted by atomic mass is 10.2. The molecule has 0 aliphatic heterocycles. The number of carbonyl (C=O) groups is 2. The fourth-order valence-electron chi connectivity index (χ4n) is 1.29. The maximum Gasteiger partial charge on any atom is 0.446 e. The van der Waals surface area contributed by atoms with Crippen LogP contribution in [0, 0.1) is 0 Å². The molecule has 0 aromatic heterocycles. The third kappa shape index (κ3) is 4.74. The average molecular weight is 309 g/mol. The lowest BCUT2D eigenvalue weighted by Crippen LogP contribution is -2.43. The summed E-state index contributed by atoms with van der Waals surface area (Å²) in [6, 6.07) is 3.34. The summed E-state index contributed by atoms with van der Waals surface area (Å²) < 4.78 is 37.0. The molecule has 1 rings (SSSR count). The van der Waals surface area contributed by atoms with Gasteiger partial charge >= 0.3 is 11.5 Å². The summed E-state index contributed by atoms with van der Waals surface area (Å²) in [4.78, 5) is 22.1. The first-order valence-corrected chi connectivity index (χ1v) is 6.05. The minimum absolute atomic E-state index is 0.311. The van der Waals surface area contributed by atoms with Crippen molar-refractivity contribution in [3.05, 3.63) is 29.8 Å². The van der Waals surface area contributed by atoms with Crippen molar-refractivity contribution in [1.29, 1.82) is 0 Å². The molecule has 0 heterocycles. The molecular weight excluding hydrogens is 299 g/mol. The van der Waals surface area contributed by atoms with Gasteiger partial charge in [-0.25, -0.2) is 4.79 Å². The molecule has 0 saturated carbocycles. The van der Waals surface area contributed by atoms with E-state index >= 15 is 0 Å². The monoisotopic (exact) mass is 309 g/mol. The fourth-order valence-corrected chi connectivity index (χ4v) is 1.96. The van der Waals surface area contributed by atoms with E-state index in [1.54, 1.807) is 0 Å². The Kier molecular flexibility index (Phi) is 5.40. The molecule has 3 N–H and O–H groups in total. The molecule has 9 heteroatoms. The number of aliphatic carboxylic acids is 1. The summed E-state index contributed by atoms with van der Waals surface area (Å²) in [6.45, 7) is -0.865. The van der Waals surface area contributed by atoms with Gasteiger partial charge in [-0.15, -0.1) is 0 Å². The Bertz CT molecular complexity index is 507. The van der Waals surface area contributed by atoms with Crippen molar-refractivity contribution in [2.24, 2.45) is 0 Å². The highest BCUT2D eigenvalue weighted by atomic mass is 32.2. The fraction of sp³-hybridized carbons (Fsp3) is 0.273. The van der Waals surface area contributed by atoms with Crippen molar-refractivity contribution in [2.75, 3.05) is 6.61 Å². The molecule has 0 bridgehead atoms. The number of hydrogen-bond donors (Lipinski definition) is 3. The van der Waals surface area contributed by atoms with Crippen LogP contribution in [0.3, 0.4) is 0 Å². The number of benzene rings is 1. The summed E-state index contributed by atoms with van der Waals surface area (Å²) in [6.07, 6.45) is 0. The van der Waals surface area contributed by atoms with Crippen LogP contribution in [0.25, 0.3) is 0 Å². The second-order valence-electron chi connectivity index (χ2n) is 3.59. The first-order chi connectivity index (χ1) is 9.24. The van der Waals surface area contributed by atoms with E-state index in [9.17, 15) is 22.8 Å². The molecule has 0 aliphatic rings. The Hall–Kier alpha value is -1.74. The van der Waals surface area contributed by atoms with Crippen molar-refractivity contribution >= 4 is 23.6 Å². The number of alkyl halides is 3. The normalized spacial score (nSPS) is 12.8. The zero-order chi connectivity index (χ0) is 15.3. The summed E-state index contributed by atoms with van der Waals surface area (Å²) in [5, 5.41) is 19.4. The van der Waals surface area contributed by atoms with Crippen molar-refractivity contribution in [3.8, 4) is 0 Å². The van der Waals surface area contributed by atoms with Crippen molar-refractivity contribution in [1.82, 2.24) is 5.32 Å². The van der Waals surface area contributed by atoms with Gasteiger partial charge in [-0.2, -0.15) is 13.2 Å². The number of carbonyl (C=O) groups excluding carboxylic acids is 1. The largest absolute Gasteiger partial charge is 0.480 e. The van der Waals surface area contributed by atoms with E-state index < -0.39 is 41.8 Å². The minimum Gasteiger partial charge on any atom is -0.480 e. The predicted molar refractivity (Wildman–Crippen MR) is 64.3 cm³/mol. The topological polar surface area (TPSA) is 86.6 Å². The van der Waals surface area contributed by atoms with Gasteiger partial charge in [-0.1, -0.05) is 12.1 Å². The van der Waals surface area contributed by atoms with Crippen LogP contribution >= 0.6 is 11.8 Å². The third-order valence-electron chi connectivity index (χ3n) is 2.14. The maximum absolute atomic E-state index is 12.3. The number of hydrogen-bond acceptors (Lipinski definition) is 4. The first kappa shape index (κ1) is 16.3. The van der Waals surface area contributed by atoms with Crippen LogP contribution in [0.2, 0.25) is 0 Å². The zero-order valence-electron chi connectivity index (χ0n) is 9.85. The lowest BCUT2D eigenvalue weighted by Gasteiger charge is -2.14. The highest BCUT2D eigenvalue weighted by Crippen LogP contribution is 2.38. The Balaban J connectivity index is 2.96. The van der Waals surface area contributed by atoms with Gasteiger partial charge in [0.25, 0.3) is 5.91 Å². The zero-order valence-corrected chi connectivity index (χ0v) is 10.7. The lowest BCUT2D eigenvalue weighted by molar-refractivity contribution is -0.140. The van der Waals surface area contributed by atoms with Crippen LogP contribution in [-0.4, -0.2) is 40.2 Å². The molecule has 1 atom stereocenters. The summed E-state index contributed by atoms with van der Waals surface area (Å²) in [7, 11) is 0. The molecule has 20 heavy (non-hydrogen) atoms. The molecule has 0 radical (unpaired) electrons. The van der Waals surface area contributed by atoms with Gasteiger partial charge in [0.2, 0.25) is 0 Å². The first-order valence-electron chi connectivity index (χ1n) is 5.24. The highest BCUT2D eigenvalue weighted by molar-refractivity contribution is 8.00. The predicted octanol–water partition coefficient (Wildman–Crippen LogP) is 1.47. The Morgan fingerprint density at radius 3 is 2.40 bits per heavy atom. The molecule has 0 unspecified atom stereocenters. The molecule has 1 aromatic rings. The number of aliphatic hydroxyl groups excluding tert-OH is 1. The number of halogens is 3. The van der Waals surface area contributed by atoms with E-state index in [0.29, 0.717) is 0 Å². The molecule has 0 aliphatic carbocycles. The molecule has 0 spiro atoms. The van der Waals surface area contributed by atoms with Gasteiger partial charge < -0.3 is 15.5 Å². The van der Waals surface area contributed by atoms with Crippen LogP contribution in [0.4, 0.5) is 13.2 Å². The van der Waals surface area contributed by atoms with E-state index in [1.807, 2.05) is 5.32 Å². The van der Waals surface area contributed by atoms with E-state index in [0.717, 1.165) is 12.1 Å². The maximum atomic E-state index is 12.3. The second-order valence-corrected chi connectivity index (χ2v) is 4.70. The molecule has 1 amide bonds. The molecular formula is C11H10F3NO4S. The average Bonchev–Trinajstić information content (AvgIpc) is 2.34. The SMILES string of the molecule is O=C(N[C@H](CO)C(=O)O)c1ccccc1SC(F)(F)F. The number of aliphatic hydroxyl groups is 1. The molecule has 0 fully saturated rings. The van der Waals surface area contributed by atoms with Crippen molar-refractivity contribution in [2.45, 2.75) is 16.4 Å². The number of thioether (sulfide) groups is 1. The quantitative estimate of drug-likeness (QED) is 0.717. The third-order valence-corrected chi connectivity index (χ3v) is 2.95. The Morgan fingerprint density at radius 2 is 1.90 bits per heavy atom. The number of rotatable bonds is 5. The van der Waals surface area contributed by atoms with Gasteiger partial charge in [0.1, 0.15) is 0 Å². The van der Waals surface area contributed by atoms with Crippen LogP contribution in [0.1, 0.15) is 10.4 Å². The molecule has 5 nitrogen and oxygen atoms in total. The number of carboxylic acid groups (broad SMARTS) is 1. The number of carboxylic acids is 1. The van der Waals surface area contributed by atoms with Crippen LogP contribution in [-0.2, 0) is 4.79 Å². The molecule has 0 saturated heterocycles. The molecule has 1 aromatic carbocycles. The van der Waals surface area contributed by atoms with Crippen LogP contribution < -0.4 is 5.32 Å². The summed E-state index contributed by atoms with van der Waals surface area (Å²) in [5.41, 5.74) is -4.88. The van der Waals surface area contributed by atoms with Crippen LogP contribution in [0.15, 0.2) is 29.2 Å². The Morgan fingerprint density at radius 1 is 1.30 bits per heavy atom.